The molecule has 14 nitrogen and oxygen atoms in total. The number of carbonyl (C=O) groups excluding carboxylic acids is 3. The highest BCUT2D eigenvalue weighted by molar-refractivity contribution is 7.98. The van der Waals surface area contributed by atoms with E-state index in [0.717, 1.165) is 23.8 Å². The minimum atomic E-state index is -1.85. The first-order valence-electron chi connectivity index (χ1n) is 18.6. The summed E-state index contributed by atoms with van der Waals surface area (Å²) in [6, 6.07) is 11.4. The third-order valence-corrected chi connectivity index (χ3v) is 9.87. The largest absolute Gasteiger partial charge is 0.481 e. The molecule has 0 fully saturated rings. The Bertz CT molecular complexity index is 1790. The summed E-state index contributed by atoms with van der Waals surface area (Å²) in [4.78, 5) is 51.4. The lowest BCUT2D eigenvalue weighted by Crippen LogP contribution is -2.61. The number of halogens is 2. The van der Waals surface area contributed by atoms with Gasteiger partial charge in [-0.05, 0) is 61.3 Å². The van der Waals surface area contributed by atoms with Crippen molar-refractivity contribution in [1.82, 2.24) is 25.4 Å². The molecule has 1 heterocycles. The minimum Gasteiger partial charge on any atom is -0.481 e. The number of rotatable bonds is 22. The molecule has 314 valence electrons. The molecule has 0 aliphatic heterocycles. The lowest BCUT2D eigenvalue weighted by Gasteiger charge is -2.42. The van der Waals surface area contributed by atoms with Crippen LogP contribution in [-0.4, -0.2) is 111 Å². The van der Waals surface area contributed by atoms with Crippen LogP contribution >= 0.6 is 11.8 Å². The summed E-state index contributed by atoms with van der Waals surface area (Å²) in [6.45, 7) is 6.53. The molecule has 1 aromatic heterocycles. The monoisotopic (exact) mass is 818 g/mol. The lowest BCUT2D eigenvalue weighted by atomic mass is 9.82. The van der Waals surface area contributed by atoms with Gasteiger partial charge >= 0.3 is 12.1 Å². The number of aliphatic carboxylic acids is 1. The first kappa shape index (κ1) is 46.8. The number of carboxylic acid groups (broad SMARTS) is 1. The van der Waals surface area contributed by atoms with Gasteiger partial charge in [-0.3, -0.25) is 19.7 Å². The molecule has 0 aliphatic rings. The smallest absolute Gasteiger partial charge is 0.407 e. The zero-order chi connectivity index (χ0) is 42.3. The molecule has 0 spiro atoms. The minimum absolute atomic E-state index is 0.000409. The summed E-state index contributed by atoms with van der Waals surface area (Å²) in [5.74, 6) is -3.05. The first-order valence-corrected chi connectivity index (χ1v) is 20.0. The van der Waals surface area contributed by atoms with Gasteiger partial charge in [-0.1, -0.05) is 51.1 Å². The number of aliphatic hydroxyl groups is 2. The van der Waals surface area contributed by atoms with E-state index < -0.39 is 71.4 Å². The number of nitrogens with zero attached hydrogens (tertiary/aromatic N) is 2. The Kier molecular flexibility index (Phi) is 17.9. The van der Waals surface area contributed by atoms with E-state index in [4.69, 9.17) is 15.6 Å². The lowest BCUT2D eigenvalue weighted by molar-refractivity contribution is -0.140. The molecule has 3 rings (SSSR count). The fraction of sp³-hybridized carbons (Fsp3) is 0.500. The highest BCUT2D eigenvalue weighted by Crippen LogP contribution is 2.41. The Labute approximate surface area is 336 Å². The van der Waals surface area contributed by atoms with Crippen LogP contribution in [0.15, 0.2) is 60.8 Å². The zero-order valence-electron chi connectivity index (χ0n) is 33.1. The second-order valence-corrected chi connectivity index (χ2v) is 15.9. The number of ether oxygens (including phenoxy) is 1. The molecule has 8 N–H and O–H groups in total. The van der Waals surface area contributed by atoms with E-state index in [9.17, 15) is 33.8 Å². The number of carbonyl (C=O) groups is 4. The van der Waals surface area contributed by atoms with Crippen molar-refractivity contribution >= 4 is 35.6 Å². The standard InChI is InChI=1S/C40H56F2N6O8S/c1-39(2,3)36(32-21-27(29-22-28(41)11-12-30(29)42)24-47(32)23-26-9-7-6-8-10-26)48(34(50)25-49)18-15-33(46-38(54)56-19-20-57-5)40(4,55)45-17-16-44-37(53)31(43)13-14-35(51)52/h6-12,21-22,24,31,33,36,45,49,55H,13-20,23,25,43H2,1-5H3,(H,44,53)(H,46,54)(H,51,52)/t31-,33+,36+,40?/m1/s1. The molecule has 4 atom stereocenters. The maximum absolute atomic E-state index is 15.2. The Morgan fingerprint density at radius 3 is 2.35 bits per heavy atom. The van der Waals surface area contributed by atoms with Crippen molar-refractivity contribution in [3.05, 3.63) is 83.7 Å². The summed E-state index contributed by atoms with van der Waals surface area (Å²) < 4.78 is 36.8. The molecule has 0 saturated carbocycles. The Balaban J connectivity index is 1.99. The van der Waals surface area contributed by atoms with Crippen molar-refractivity contribution < 1.29 is 48.0 Å². The van der Waals surface area contributed by atoms with Crippen molar-refractivity contribution in [3.63, 3.8) is 0 Å². The third-order valence-electron chi connectivity index (χ3n) is 9.30. The van der Waals surface area contributed by atoms with E-state index in [2.05, 4.69) is 16.0 Å². The zero-order valence-corrected chi connectivity index (χ0v) is 33.9. The average molecular weight is 819 g/mol. The number of hydrogen-bond acceptors (Lipinski definition) is 10. The predicted octanol–water partition coefficient (Wildman–Crippen LogP) is 3.84. The number of amides is 3. The number of nitrogens with one attached hydrogen (secondary N) is 3. The second kappa shape index (κ2) is 21.8. The number of aliphatic hydroxyl groups excluding tert-OH is 1. The summed E-state index contributed by atoms with van der Waals surface area (Å²) >= 11 is 1.47. The summed E-state index contributed by atoms with van der Waals surface area (Å²) in [6.07, 6.45) is 2.33. The molecule has 17 heteroatoms. The normalized spacial score (nSPS) is 14.2. The quantitative estimate of drug-likeness (QED) is 0.0573. The van der Waals surface area contributed by atoms with Crippen LogP contribution in [0.2, 0.25) is 0 Å². The van der Waals surface area contributed by atoms with Crippen LogP contribution in [0.25, 0.3) is 11.1 Å². The Morgan fingerprint density at radius 2 is 1.72 bits per heavy atom. The molecule has 3 amide bonds. The first-order chi connectivity index (χ1) is 26.9. The Morgan fingerprint density at radius 1 is 1.02 bits per heavy atom. The van der Waals surface area contributed by atoms with Gasteiger partial charge in [-0.25, -0.2) is 13.6 Å². The van der Waals surface area contributed by atoms with E-state index in [1.807, 2.05) is 61.9 Å². The van der Waals surface area contributed by atoms with Gasteiger partial charge in [0, 0.05) is 61.4 Å². The number of benzene rings is 2. The highest BCUT2D eigenvalue weighted by Gasteiger charge is 2.39. The summed E-state index contributed by atoms with van der Waals surface area (Å²) in [7, 11) is 0. The second-order valence-electron chi connectivity index (χ2n) is 14.9. The molecular weight excluding hydrogens is 763 g/mol. The fourth-order valence-corrected chi connectivity index (χ4v) is 6.68. The summed E-state index contributed by atoms with van der Waals surface area (Å²) in [5.41, 5.74) is 5.08. The maximum atomic E-state index is 15.2. The van der Waals surface area contributed by atoms with E-state index in [1.54, 1.807) is 12.3 Å². The number of hydrogen-bond donors (Lipinski definition) is 7. The van der Waals surface area contributed by atoms with Crippen molar-refractivity contribution in [2.45, 2.75) is 77.4 Å². The predicted molar refractivity (Wildman–Crippen MR) is 214 cm³/mol. The maximum Gasteiger partial charge on any atom is 0.407 e. The van der Waals surface area contributed by atoms with Gasteiger partial charge in [0.2, 0.25) is 11.8 Å². The molecule has 57 heavy (non-hydrogen) atoms. The molecule has 0 saturated heterocycles. The van der Waals surface area contributed by atoms with Crippen LogP contribution in [0.1, 0.15) is 64.3 Å². The van der Waals surface area contributed by atoms with Crippen LogP contribution in [0, 0.1) is 17.0 Å². The van der Waals surface area contributed by atoms with E-state index in [-0.39, 0.29) is 51.1 Å². The van der Waals surface area contributed by atoms with Crippen molar-refractivity contribution in [2.24, 2.45) is 11.1 Å². The fourth-order valence-electron chi connectivity index (χ4n) is 6.43. The molecule has 2 aromatic carbocycles. The number of aromatic nitrogens is 1. The van der Waals surface area contributed by atoms with Crippen molar-refractivity contribution in [1.29, 1.82) is 0 Å². The molecule has 3 aromatic rings. The van der Waals surface area contributed by atoms with E-state index in [1.165, 1.54) is 23.6 Å². The third kappa shape index (κ3) is 14.4. The van der Waals surface area contributed by atoms with Gasteiger partial charge in [-0.2, -0.15) is 11.8 Å². The van der Waals surface area contributed by atoms with Gasteiger partial charge in [0.05, 0.1) is 18.1 Å². The topological polar surface area (TPSA) is 208 Å². The Hall–Kier alpha value is -4.55. The van der Waals surface area contributed by atoms with Crippen LogP contribution < -0.4 is 21.7 Å². The van der Waals surface area contributed by atoms with Gasteiger partial charge in [0.15, 0.2) is 0 Å². The number of thioether (sulfide) groups is 1. The van der Waals surface area contributed by atoms with E-state index in [0.29, 0.717) is 23.6 Å². The highest BCUT2D eigenvalue weighted by atomic mass is 32.2. The van der Waals surface area contributed by atoms with Gasteiger partial charge in [0.1, 0.15) is 30.6 Å². The van der Waals surface area contributed by atoms with Gasteiger partial charge < -0.3 is 45.9 Å². The molecule has 1 unspecified atom stereocenters. The van der Waals surface area contributed by atoms with Crippen molar-refractivity contribution in [3.8, 4) is 11.1 Å². The van der Waals surface area contributed by atoms with Gasteiger partial charge in [-0.15, -0.1) is 0 Å². The molecular formula is C40H56F2N6O8S. The van der Waals surface area contributed by atoms with Crippen LogP contribution in [-0.2, 0) is 25.7 Å². The SMILES string of the molecule is CSCCOC(=O)N[C@@H](CCN(C(=O)CO)[C@@H](c1cc(-c2cc(F)ccc2F)cn1Cc1ccccc1)C(C)(C)C)C(C)(O)NCCNC(=O)[C@H](N)CCC(=O)O. The van der Waals surface area contributed by atoms with Crippen molar-refractivity contribution in [2.75, 3.05) is 44.9 Å². The number of carboxylic acids is 1. The van der Waals surface area contributed by atoms with Crippen LogP contribution in [0.4, 0.5) is 13.6 Å². The summed E-state index contributed by atoms with van der Waals surface area (Å²) in [5, 5.41) is 39.1. The average Bonchev–Trinajstić information content (AvgIpc) is 3.55. The van der Waals surface area contributed by atoms with Gasteiger partial charge in [0.25, 0.3) is 0 Å². The van der Waals surface area contributed by atoms with Crippen LogP contribution in [0.3, 0.4) is 0 Å². The number of alkyl carbamates (subject to hydrolysis) is 1. The van der Waals surface area contributed by atoms with E-state index >= 15 is 4.39 Å². The number of nitrogens with two attached hydrogens (primary N) is 1. The van der Waals surface area contributed by atoms with Crippen LogP contribution in [0.5, 0.6) is 0 Å². The molecule has 0 radical (unpaired) electrons. The molecule has 0 bridgehead atoms. The molecule has 0 aliphatic carbocycles.